The molecule has 0 radical (unpaired) electrons. The smallest absolute Gasteiger partial charge is 0.187 e. The molecule has 0 heterocycles. The van der Waals surface area contributed by atoms with Crippen molar-refractivity contribution in [2.75, 3.05) is 12.4 Å². The lowest BCUT2D eigenvalue weighted by molar-refractivity contribution is 0.322. The summed E-state index contributed by atoms with van der Waals surface area (Å²) >= 11 is 1.51. The molecule has 0 amide bonds. The maximum Gasteiger partial charge on any atom is 0.187 e. The first-order valence-electron chi connectivity index (χ1n) is 2.98. The van der Waals surface area contributed by atoms with E-state index in [1.807, 2.05) is 6.92 Å². The molecule has 4 nitrogen and oxygen atoms in total. The van der Waals surface area contributed by atoms with Gasteiger partial charge in [0.05, 0.1) is 12.0 Å². The van der Waals surface area contributed by atoms with E-state index in [1.54, 1.807) is 0 Å². The first-order valence-corrected chi connectivity index (χ1v) is 4.03. The summed E-state index contributed by atoms with van der Waals surface area (Å²) in [5.41, 5.74) is 10.2. The fourth-order valence-corrected chi connectivity index (χ4v) is 1.11. The monoisotopic (exact) mass is 163 g/mol. The number of nitrogens with two attached hydrogens (primary N) is 2. The Hall–Kier alpha value is -0.420. The fourth-order valence-electron chi connectivity index (χ4n) is 0.470. The van der Waals surface area contributed by atoms with Crippen LogP contribution in [0.2, 0.25) is 0 Å². The highest BCUT2D eigenvalue weighted by atomic mass is 32.2. The number of hydrogen-bond acceptors (Lipinski definition) is 3. The summed E-state index contributed by atoms with van der Waals surface area (Å²) in [5, 5.41) is 8.46. The van der Waals surface area contributed by atoms with E-state index in [9.17, 15) is 0 Å². The Bertz CT molecular complexity index is 113. The van der Waals surface area contributed by atoms with Crippen molar-refractivity contribution in [2.45, 2.75) is 12.3 Å². The maximum absolute atomic E-state index is 8.42. The number of thioether (sulfide) groups is 1. The highest BCUT2D eigenvalue weighted by Crippen LogP contribution is 2.09. The van der Waals surface area contributed by atoms with Crippen LogP contribution in [0.25, 0.3) is 0 Å². The molecule has 1 atom stereocenters. The molecule has 60 valence electrons. The second-order valence-electron chi connectivity index (χ2n) is 1.75. The summed E-state index contributed by atoms with van der Waals surface area (Å²) < 4.78 is 0. The van der Waals surface area contributed by atoms with Crippen LogP contribution in [-0.2, 0) is 0 Å². The van der Waals surface area contributed by atoms with Gasteiger partial charge in [-0.05, 0) is 6.92 Å². The minimum atomic E-state index is 0.0390. The SMILES string of the molecule is CC(N=C(N)N)SCCO. The Balaban J connectivity index is 3.43. The van der Waals surface area contributed by atoms with Gasteiger partial charge in [-0.1, -0.05) is 0 Å². The van der Waals surface area contributed by atoms with Crippen LogP contribution < -0.4 is 11.5 Å². The first-order chi connectivity index (χ1) is 4.66. The van der Waals surface area contributed by atoms with Crippen LogP contribution in [0.15, 0.2) is 4.99 Å². The molecular formula is C5H13N3OS. The maximum atomic E-state index is 8.42. The number of nitrogens with zero attached hydrogens (tertiary/aromatic N) is 1. The molecule has 0 aliphatic rings. The van der Waals surface area contributed by atoms with Gasteiger partial charge in [0.15, 0.2) is 5.96 Å². The molecule has 0 aromatic rings. The standard InChI is InChI=1S/C5H13N3OS/c1-4(8-5(6)7)10-3-2-9/h4,9H,2-3H2,1H3,(H4,6,7,8). The van der Waals surface area contributed by atoms with Crippen molar-refractivity contribution in [2.24, 2.45) is 16.5 Å². The molecule has 1 unspecified atom stereocenters. The van der Waals surface area contributed by atoms with Crippen molar-refractivity contribution in [1.82, 2.24) is 0 Å². The van der Waals surface area contributed by atoms with Crippen LogP contribution in [0.3, 0.4) is 0 Å². The zero-order chi connectivity index (χ0) is 7.98. The van der Waals surface area contributed by atoms with Gasteiger partial charge in [-0.15, -0.1) is 11.8 Å². The average Bonchev–Trinajstić information content (AvgIpc) is 1.82. The lowest BCUT2D eigenvalue weighted by Gasteiger charge is -2.03. The molecular weight excluding hydrogens is 150 g/mol. The van der Waals surface area contributed by atoms with Crippen LogP contribution in [-0.4, -0.2) is 28.8 Å². The minimum absolute atomic E-state index is 0.0390. The van der Waals surface area contributed by atoms with E-state index in [-0.39, 0.29) is 17.9 Å². The summed E-state index contributed by atoms with van der Waals surface area (Å²) in [6.45, 7) is 2.04. The van der Waals surface area contributed by atoms with Gasteiger partial charge in [0.2, 0.25) is 0 Å². The molecule has 0 aromatic carbocycles. The highest BCUT2D eigenvalue weighted by Gasteiger charge is 1.97. The van der Waals surface area contributed by atoms with Crippen LogP contribution in [0, 0.1) is 0 Å². The number of aliphatic hydroxyl groups excluding tert-OH is 1. The Morgan fingerprint density at radius 2 is 2.30 bits per heavy atom. The summed E-state index contributed by atoms with van der Waals surface area (Å²) in [7, 11) is 0. The fraction of sp³-hybridized carbons (Fsp3) is 0.800. The second-order valence-corrected chi connectivity index (χ2v) is 3.17. The minimum Gasteiger partial charge on any atom is -0.396 e. The number of rotatable bonds is 4. The summed E-state index contributed by atoms with van der Waals surface area (Å²) in [6, 6.07) is 0. The Kier molecular flexibility index (Phi) is 5.15. The zero-order valence-corrected chi connectivity index (χ0v) is 6.77. The third kappa shape index (κ3) is 5.71. The first kappa shape index (κ1) is 9.58. The number of guanidine groups is 1. The predicted molar refractivity (Wildman–Crippen MR) is 44.8 cm³/mol. The normalized spacial score (nSPS) is 12.6. The number of hydrogen-bond donors (Lipinski definition) is 3. The van der Waals surface area contributed by atoms with E-state index in [1.165, 1.54) is 11.8 Å². The molecule has 0 saturated carbocycles. The van der Waals surface area contributed by atoms with E-state index in [0.717, 1.165) is 0 Å². The third-order valence-electron chi connectivity index (χ3n) is 0.781. The highest BCUT2D eigenvalue weighted by molar-refractivity contribution is 7.99. The van der Waals surface area contributed by atoms with Crippen LogP contribution in [0.5, 0.6) is 0 Å². The second kappa shape index (κ2) is 5.37. The van der Waals surface area contributed by atoms with E-state index in [2.05, 4.69) is 4.99 Å². The Morgan fingerprint density at radius 1 is 1.70 bits per heavy atom. The topological polar surface area (TPSA) is 84.6 Å². The molecule has 5 heteroatoms. The van der Waals surface area contributed by atoms with Crippen LogP contribution in [0.4, 0.5) is 0 Å². The molecule has 0 rings (SSSR count). The molecule has 0 bridgehead atoms. The van der Waals surface area contributed by atoms with E-state index in [4.69, 9.17) is 16.6 Å². The van der Waals surface area contributed by atoms with Gasteiger partial charge >= 0.3 is 0 Å². The van der Waals surface area contributed by atoms with Crippen molar-refractivity contribution in [3.05, 3.63) is 0 Å². The van der Waals surface area contributed by atoms with Gasteiger partial charge in [0, 0.05) is 5.75 Å². The molecule has 0 fully saturated rings. The van der Waals surface area contributed by atoms with Gasteiger partial charge in [-0.3, -0.25) is 0 Å². The molecule has 5 N–H and O–H groups in total. The van der Waals surface area contributed by atoms with Crippen molar-refractivity contribution in [1.29, 1.82) is 0 Å². The largest absolute Gasteiger partial charge is 0.396 e. The van der Waals surface area contributed by atoms with Crippen LogP contribution >= 0.6 is 11.8 Å². The molecule has 10 heavy (non-hydrogen) atoms. The van der Waals surface area contributed by atoms with Gasteiger partial charge < -0.3 is 16.6 Å². The molecule has 0 aromatic heterocycles. The Labute approximate surface area is 64.7 Å². The van der Waals surface area contributed by atoms with Gasteiger partial charge in [-0.25, -0.2) is 4.99 Å². The van der Waals surface area contributed by atoms with Crippen molar-refractivity contribution < 1.29 is 5.11 Å². The zero-order valence-electron chi connectivity index (χ0n) is 5.95. The number of aliphatic hydroxyl groups is 1. The van der Waals surface area contributed by atoms with Gasteiger partial charge in [0.1, 0.15) is 0 Å². The van der Waals surface area contributed by atoms with E-state index < -0.39 is 0 Å². The van der Waals surface area contributed by atoms with E-state index >= 15 is 0 Å². The van der Waals surface area contributed by atoms with Crippen molar-refractivity contribution in [3.63, 3.8) is 0 Å². The van der Waals surface area contributed by atoms with Crippen LogP contribution in [0.1, 0.15) is 6.92 Å². The van der Waals surface area contributed by atoms with Gasteiger partial charge in [-0.2, -0.15) is 0 Å². The molecule has 0 aliphatic heterocycles. The lowest BCUT2D eigenvalue weighted by Crippen LogP contribution is -2.24. The van der Waals surface area contributed by atoms with Gasteiger partial charge in [0.25, 0.3) is 0 Å². The average molecular weight is 163 g/mol. The summed E-state index contributed by atoms with van der Waals surface area (Å²) in [5.74, 6) is 0.760. The number of aliphatic imine (C=N–C) groups is 1. The predicted octanol–water partition coefficient (Wildman–Crippen LogP) is -0.669. The summed E-state index contributed by atoms with van der Waals surface area (Å²) in [4.78, 5) is 3.84. The third-order valence-corrected chi connectivity index (χ3v) is 1.79. The van der Waals surface area contributed by atoms with Crippen molar-refractivity contribution in [3.8, 4) is 0 Å². The molecule has 0 aliphatic carbocycles. The molecule has 0 saturated heterocycles. The quantitative estimate of drug-likeness (QED) is 0.379. The summed E-state index contributed by atoms with van der Waals surface area (Å²) in [6.07, 6.45) is 0. The Morgan fingerprint density at radius 3 is 2.70 bits per heavy atom. The van der Waals surface area contributed by atoms with Crippen molar-refractivity contribution >= 4 is 17.7 Å². The molecule has 0 spiro atoms. The van der Waals surface area contributed by atoms with E-state index in [0.29, 0.717) is 5.75 Å². The lowest BCUT2D eigenvalue weighted by atomic mass is 10.8.